The molecule has 0 atom stereocenters. The number of hydrogen-bond donors (Lipinski definition) is 0. The highest BCUT2D eigenvalue weighted by Crippen LogP contribution is 2.35. The summed E-state index contributed by atoms with van der Waals surface area (Å²) in [5.74, 6) is 1.39. The number of ether oxygens (including phenoxy) is 1. The Morgan fingerprint density at radius 1 is 1.26 bits per heavy atom. The number of aromatic nitrogens is 4. The molecule has 4 heterocycles. The van der Waals surface area contributed by atoms with Crippen LogP contribution in [0.1, 0.15) is 35.2 Å². The standard InChI is InChI=1S/C22H24N6O2S/c1-3-9-27-10-8-17-18(12-27)31-22-20(17)21-25-19(26-28(21)14-23-22)13-30-24-11-15-4-6-16(29-2)7-5-15/h4-7,11,14H,3,8-10,12-13H2,1-2H3/b24-11-. The molecule has 9 heteroatoms. The maximum Gasteiger partial charge on any atom is 0.192 e. The first kappa shape index (κ1) is 19.9. The summed E-state index contributed by atoms with van der Waals surface area (Å²) in [7, 11) is 1.64. The van der Waals surface area contributed by atoms with Crippen molar-refractivity contribution < 1.29 is 9.57 Å². The molecular formula is C22H24N6O2S. The van der Waals surface area contributed by atoms with E-state index in [4.69, 9.17) is 14.6 Å². The quantitative estimate of drug-likeness (QED) is 0.325. The van der Waals surface area contributed by atoms with Gasteiger partial charge in [-0.05, 0) is 54.8 Å². The molecule has 0 fully saturated rings. The number of oxime groups is 1. The minimum atomic E-state index is 0.201. The first-order chi connectivity index (χ1) is 15.2. The van der Waals surface area contributed by atoms with Crippen LogP contribution in [-0.4, -0.2) is 50.9 Å². The molecule has 0 N–H and O–H groups in total. The Labute approximate surface area is 184 Å². The molecule has 0 amide bonds. The van der Waals surface area contributed by atoms with Gasteiger partial charge >= 0.3 is 0 Å². The number of rotatable bonds is 7. The van der Waals surface area contributed by atoms with Gasteiger partial charge in [0.05, 0.1) is 18.7 Å². The highest BCUT2D eigenvalue weighted by atomic mass is 32.1. The van der Waals surface area contributed by atoms with E-state index in [-0.39, 0.29) is 6.61 Å². The fourth-order valence-electron chi connectivity index (χ4n) is 3.94. The van der Waals surface area contributed by atoms with Crippen LogP contribution in [0.25, 0.3) is 15.9 Å². The van der Waals surface area contributed by atoms with Gasteiger partial charge in [-0.2, -0.15) is 0 Å². The summed E-state index contributed by atoms with van der Waals surface area (Å²) in [6, 6.07) is 7.59. The SMILES string of the molecule is CCCN1CCc2c(sc3ncn4nc(CO/N=C\c5ccc(OC)cc5)nc4c23)C1. The van der Waals surface area contributed by atoms with Gasteiger partial charge in [0.25, 0.3) is 0 Å². The molecule has 1 aliphatic heterocycles. The van der Waals surface area contributed by atoms with Crippen LogP contribution in [0, 0.1) is 0 Å². The molecule has 0 radical (unpaired) electrons. The molecule has 3 aromatic heterocycles. The second kappa shape index (κ2) is 8.60. The summed E-state index contributed by atoms with van der Waals surface area (Å²) in [5, 5.41) is 9.70. The van der Waals surface area contributed by atoms with Gasteiger partial charge in [0.15, 0.2) is 18.1 Å². The fourth-order valence-corrected chi connectivity index (χ4v) is 5.16. The Kier molecular flexibility index (Phi) is 5.52. The molecule has 0 saturated carbocycles. The molecule has 160 valence electrons. The molecule has 0 unspecified atom stereocenters. The molecule has 1 aliphatic rings. The van der Waals surface area contributed by atoms with Crippen molar-refractivity contribution in [2.75, 3.05) is 20.2 Å². The lowest BCUT2D eigenvalue weighted by atomic mass is 10.1. The van der Waals surface area contributed by atoms with E-state index in [2.05, 4.69) is 27.1 Å². The van der Waals surface area contributed by atoms with Crippen LogP contribution < -0.4 is 4.74 Å². The van der Waals surface area contributed by atoms with Gasteiger partial charge in [0.2, 0.25) is 0 Å². The third-order valence-corrected chi connectivity index (χ3v) is 6.55. The minimum absolute atomic E-state index is 0.201. The largest absolute Gasteiger partial charge is 0.497 e. The third kappa shape index (κ3) is 3.98. The van der Waals surface area contributed by atoms with Gasteiger partial charge in [0.1, 0.15) is 16.9 Å². The van der Waals surface area contributed by atoms with Crippen molar-refractivity contribution in [3.05, 3.63) is 52.4 Å². The van der Waals surface area contributed by atoms with Crippen LogP contribution >= 0.6 is 11.3 Å². The van der Waals surface area contributed by atoms with Gasteiger partial charge in [-0.3, -0.25) is 4.90 Å². The first-order valence-electron chi connectivity index (χ1n) is 10.4. The Balaban J connectivity index is 1.34. The molecule has 0 saturated heterocycles. The normalized spacial score (nSPS) is 14.5. The first-order valence-corrected chi connectivity index (χ1v) is 11.2. The monoisotopic (exact) mass is 436 g/mol. The van der Waals surface area contributed by atoms with Crippen molar-refractivity contribution in [2.45, 2.75) is 32.9 Å². The van der Waals surface area contributed by atoms with Crippen molar-refractivity contribution in [3.63, 3.8) is 0 Å². The van der Waals surface area contributed by atoms with Crippen molar-refractivity contribution in [3.8, 4) is 5.75 Å². The smallest absolute Gasteiger partial charge is 0.192 e. The molecule has 1 aromatic carbocycles. The van der Waals surface area contributed by atoms with Crippen LogP contribution in [0.15, 0.2) is 35.7 Å². The van der Waals surface area contributed by atoms with E-state index in [1.54, 1.807) is 35.5 Å². The predicted molar refractivity (Wildman–Crippen MR) is 121 cm³/mol. The van der Waals surface area contributed by atoms with Crippen LogP contribution in [0.2, 0.25) is 0 Å². The number of thiophene rings is 1. The average Bonchev–Trinajstić information content (AvgIpc) is 3.37. The lowest BCUT2D eigenvalue weighted by Gasteiger charge is -2.26. The van der Waals surface area contributed by atoms with E-state index >= 15 is 0 Å². The van der Waals surface area contributed by atoms with Gasteiger partial charge in [-0.1, -0.05) is 12.1 Å². The summed E-state index contributed by atoms with van der Waals surface area (Å²) >= 11 is 1.78. The van der Waals surface area contributed by atoms with Crippen molar-refractivity contribution in [1.29, 1.82) is 0 Å². The maximum absolute atomic E-state index is 5.43. The van der Waals surface area contributed by atoms with Crippen molar-refractivity contribution in [1.82, 2.24) is 24.5 Å². The van der Waals surface area contributed by atoms with Gasteiger partial charge in [-0.25, -0.2) is 14.5 Å². The second-order valence-electron chi connectivity index (χ2n) is 7.53. The zero-order valence-electron chi connectivity index (χ0n) is 17.6. The second-order valence-corrected chi connectivity index (χ2v) is 8.62. The molecule has 5 rings (SSSR count). The van der Waals surface area contributed by atoms with E-state index in [1.165, 1.54) is 16.9 Å². The summed E-state index contributed by atoms with van der Waals surface area (Å²) in [6.45, 7) is 5.65. The van der Waals surface area contributed by atoms with Crippen LogP contribution in [-0.2, 0) is 24.4 Å². The Bertz CT molecular complexity index is 1230. The predicted octanol–water partition coefficient (Wildman–Crippen LogP) is 3.67. The maximum atomic E-state index is 5.43. The summed E-state index contributed by atoms with van der Waals surface area (Å²) in [4.78, 5) is 19.7. The van der Waals surface area contributed by atoms with Crippen LogP contribution in [0.5, 0.6) is 5.75 Å². The average molecular weight is 437 g/mol. The topological polar surface area (TPSA) is 77.1 Å². The molecule has 0 bridgehead atoms. The molecule has 8 nitrogen and oxygen atoms in total. The molecule has 0 spiro atoms. The number of fused-ring (bicyclic) bond motifs is 5. The van der Waals surface area contributed by atoms with Gasteiger partial charge in [0, 0.05) is 18.0 Å². The number of benzene rings is 1. The Morgan fingerprint density at radius 2 is 2.13 bits per heavy atom. The third-order valence-electron chi connectivity index (χ3n) is 5.43. The molecule has 0 aliphatic carbocycles. The van der Waals surface area contributed by atoms with Gasteiger partial charge in [-0.15, -0.1) is 16.4 Å². The molecular weight excluding hydrogens is 412 g/mol. The van der Waals surface area contributed by atoms with E-state index in [9.17, 15) is 0 Å². The highest BCUT2D eigenvalue weighted by Gasteiger charge is 2.23. The molecule has 4 aromatic rings. The van der Waals surface area contributed by atoms with Crippen molar-refractivity contribution in [2.24, 2.45) is 5.16 Å². The van der Waals surface area contributed by atoms with Crippen LogP contribution in [0.4, 0.5) is 0 Å². The van der Waals surface area contributed by atoms with E-state index in [0.717, 1.165) is 53.2 Å². The molecule has 31 heavy (non-hydrogen) atoms. The number of nitrogens with zero attached hydrogens (tertiary/aromatic N) is 6. The van der Waals surface area contributed by atoms with E-state index in [1.807, 2.05) is 24.3 Å². The lowest BCUT2D eigenvalue weighted by molar-refractivity contribution is 0.126. The Hall–Kier alpha value is -3.04. The lowest BCUT2D eigenvalue weighted by Crippen LogP contribution is -2.30. The van der Waals surface area contributed by atoms with E-state index < -0.39 is 0 Å². The summed E-state index contributed by atoms with van der Waals surface area (Å²) < 4.78 is 6.91. The fraction of sp³-hybridized carbons (Fsp3) is 0.364. The Morgan fingerprint density at radius 3 is 2.94 bits per heavy atom. The number of methoxy groups -OCH3 is 1. The van der Waals surface area contributed by atoms with Gasteiger partial charge < -0.3 is 9.57 Å². The highest BCUT2D eigenvalue weighted by molar-refractivity contribution is 7.19. The van der Waals surface area contributed by atoms with Crippen molar-refractivity contribution >= 4 is 33.4 Å². The number of hydrogen-bond acceptors (Lipinski definition) is 8. The summed E-state index contributed by atoms with van der Waals surface area (Å²) in [6.07, 6.45) is 5.60. The zero-order chi connectivity index (χ0) is 21.2. The zero-order valence-corrected chi connectivity index (χ0v) is 18.4. The van der Waals surface area contributed by atoms with E-state index in [0.29, 0.717) is 5.82 Å². The summed E-state index contributed by atoms with van der Waals surface area (Å²) in [5.41, 5.74) is 3.16. The minimum Gasteiger partial charge on any atom is -0.497 e. The van der Waals surface area contributed by atoms with Crippen LogP contribution in [0.3, 0.4) is 0 Å².